The second-order valence-corrected chi connectivity index (χ2v) is 8.18. The molecule has 0 bridgehead atoms. The molecule has 0 spiro atoms. The lowest BCUT2D eigenvalue weighted by Gasteiger charge is -2.39. The van der Waals surface area contributed by atoms with Crippen LogP contribution in [0.25, 0.3) is 0 Å². The number of piperidine rings is 1. The molecular weight excluding hydrogens is 392 g/mol. The van der Waals surface area contributed by atoms with Crippen LogP contribution in [-0.2, 0) is 9.59 Å². The number of halogens is 2. The summed E-state index contributed by atoms with van der Waals surface area (Å²) in [5.41, 5.74) is -1.02. The Morgan fingerprint density at radius 1 is 1.10 bits per heavy atom. The normalized spacial score (nSPS) is 19.2. The Morgan fingerprint density at radius 3 is 2.37 bits per heavy atom. The van der Waals surface area contributed by atoms with Gasteiger partial charge in [-0.3, -0.25) is 14.4 Å². The quantitative estimate of drug-likeness (QED) is 0.768. The van der Waals surface area contributed by atoms with Crippen molar-refractivity contribution < 1.29 is 23.2 Å². The summed E-state index contributed by atoms with van der Waals surface area (Å²) in [6.45, 7) is 2.98. The molecule has 1 aromatic rings. The monoisotopic (exact) mass is 421 g/mol. The Hall–Kier alpha value is -2.51. The number of carbonyl (C=O) groups is 3. The van der Waals surface area contributed by atoms with Crippen molar-refractivity contribution in [2.45, 2.75) is 57.4 Å². The van der Waals surface area contributed by atoms with Gasteiger partial charge in [0.2, 0.25) is 11.8 Å². The smallest absolute Gasteiger partial charge is 0.256 e. The molecular formula is C22H29F2N3O3. The standard InChI is InChI=1S/C22H29F2N3O3/c1-2-25-21(30)22(10-4-3-5-11-22)26-19(28)15-8-12-27(13-9-15)20(29)17-7-6-16(23)14-18(17)24/h6-7,14-15H,2-5,8-13H2,1H3,(H,25,30)(H,26,28). The number of nitrogens with zero attached hydrogens (tertiary/aromatic N) is 1. The highest BCUT2D eigenvalue weighted by atomic mass is 19.1. The lowest BCUT2D eigenvalue weighted by atomic mass is 9.80. The van der Waals surface area contributed by atoms with E-state index < -0.39 is 23.1 Å². The molecule has 1 aliphatic heterocycles. The van der Waals surface area contributed by atoms with E-state index in [4.69, 9.17) is 0 Å². The minimum atomic E-state index is -0.888. The van der Waals surface area contributed by atoms with Crippen molar-refractivity contribution in [3.05, 3.63) is 35.4 Å². The summed E-state index contributed by atoms with van der Waals surface area (Å²) >= 11 is 0. The highest BCUT2D eigenvalue weighted by Crippen LogP contribution is 2.30. The van der Waals surface area contributed by atoms with Crippen LogP contribution >= 0.6 is 0 Å². The van der Waals surface area contributed by atoms with Crippen molar-refractivity contribution in [1.82, 2.24) is 15.5 Å². The molecule has 0 atom stereocenters. The van der Waals surface area contributed by atoms with Crippen molar-refractivity contribution in [1.29, 1.82) is 0 Å². The first-order valence-corrected chi connectivity index (χ1v) is 10.7. The third-order valence-electron chi connectivity index (χ3n) is 6.16. The molecule has 164 valence electrons. The topological polar surface area (TPSA) is 78.5 Å². The molecule has 0 radical (unpaired) electrons. The molecule has 1 saturated carbocycles. The summed E-state index contributed by atoms with van der Waals surface area (Å²) in [6, 6.07) is 2.89. The van der Waals surface area contributed by atoms with E-state index in [1.165, 1.54) is 4.90 Å². The lowest BCUT2D eigenvalue weighted by Crippen LogP contribution is -2.61. The molecule has 2 fully saturated rings. The van der Waals surface area contributed by atoms with Crippen molar-refractivity contribution in [3.8, 4) is 0 Å². The average Bonchev–Trinajstić information content (AvgIpc) is 2.74. The maximum absolute atomic E-state index is 13.9. The van der Waals surface area contributed by atoms with Gasteiger partial charge in [0.25, 0.3) is 5.91 Å². The Labute approximate surface area is 175 Å². The zero-order valence-corrected chi connectivity index (χ0v) is 17.3. The molecule has 3 amide bonds. The number of carbonyl (C=O) groups excluding carboxylic acids is 3. The van der Waals surface area contributed by atoms with Crippen LogP contribution in [0, 0.1) is 17.6 Å². The Bertz CT molecular complexity index is 801. The number of nitrogens with one attached hydrogen (secondary N) is 2. The largest absolute Gasteiger partial charge is 0.354 e. The fourth-order valence-electron chi connectivity index (χ4n) is 4.41. The molecule has 2 aliphatic rings. The van der Waals surface area contributed by atoms with Gasteiger partial charge in [-0.2, -0.15) is 0 Å². The molecule has 8 heteroatoms. The second kappa shape index (κ2) is 9.53. The van der Waals surface area contributed by atoms with Crippen LogP contribution in [0.5, 0.6) is 0 Å². The van der Waals surface area contributed by atoms with Gasteiger partial charge in [-0.25, -0.2) is 8.78 Å². The van der Waals surface area contributed by atoms with Crippen LogP contribution < -0.4 is 10.6 Å². The summed E-state index contributed by atoms with van der Waals surface area (Å²) in [4.78, 5) is 39.6. The zero-order valence-electron chi connectivity index (χ0n) is 17.3. The van der Waals surface area contributed by atoms with Crippen LogP contribution in [0.1, 0.15) is 62.2 Å². The minimum Gasteiger partial charge on any atom is -0.354 e. The van der Waals surface area contributed by atoms with Crippen LogP contribution in [0.4, 0.5) is 8.78 Å². The summed E-state index contributed by atoms with van der Waals surface area (Å²) in [6.07, 6.45) is 4.98. The number of amides is 3. The summed E-state index contributed by atoms with van der Waals surface area (Å²) < 4.78 is 27.0. The van der Waals surface area contributed by atoms with E-state index in [1.807, 2.05) is 6.92 Å². The maximum Gasteiger partial charge on any atom is 0.256 e. The van der Waals surface area contributed by atoms with Crippen LogP contribution in [0.3, 0.4) is 0 Å². The predicted octanol–water partition coefficient (Wildman–Crippen LogP) is 2.77. The Kier molecular flexibility index (Phi) is 7.05. The third kappa shape index (κ3) is 4.79. The fraction of sp³-hybridized carbons (Fsp3) is 0.591. The third-order valence-corrected chi connectivity index (χ3v) is 6.16. The van der Waals surface area contributed by atoms with Gasteiger partial charge in [0, 0.05) is 31.6 Å². The van der Waals surface area contributed by atoms with E-state index in [-0.39, 0.29) is 23.3 Å². The van der Waals surface area contributed by atoms with Gasteiger partial charge in [0.05, 0.1) is 5.56 Å². The van der Waals surface area contributed by atoms with Gasteiger partial charge in [-0.05, 0) is 44.7 Å². The number of likely N-dealkylation sites (tertiary alicyclic amines) is 1. The fourth-order valence-corrected chi connectivity index (χ4v) is 4.41. The molecule has 3 rings (SSSR count). The summed E-state index contributed by atoms with van der Waals surface area (Å²) in [7, 11) is 0. The molecule has 0 aromatic heterocycles. The van der Waals surface area contributed by atoms with Crippen LogP contribution in [0.15, 0.2) is 18.2 Å². The van der Waals surface area contributed by atoms with Crippen LogP contribution in [-0.4, -0.2) is 47.8 Å². The van der Waals surface area contributed by atoms with Crippen molar-refractivity contribution in [2.24, 2.45) is 5.92 Å². The molecule has 1 saturated heterocycles. The van der Waals surface area contributed by atoms with Gasteiger partial charge in [-0.15, -0.1) is 0 Å². The van der Waals surface area contributed by atoms with E-state index in [1.54, 1.807) is 0 Å². The number of rotatable bonds is 5. The van der Waals surface area contributed by atoms with Crippen LogP contribution in [0.2, 0.25) is 0 Å². The highest BCUT2D eigenvalue weighted by molar-refractivity contribution is 5.95. The molecule has 0 unspecified atom stereocenters. The van der Waals surface area contributed by atoms with Crippen molar-refractivity contribution in [2.75, 3.05) is 19.6 Å². The molecule has 1 aliphatic carbocycles. The van der Waals surface area contributed by atoms with E-state index in [0.717, 1.165) is 31.4 Å². The first-order chi connectivity index (χ1) is 14.4. The molecule has 1 aromatic carbocycles. The first-order valence-electron chi connectivity index (χ1n) is 10.7. The minimum absolute atomic E-state index is 0.127. The van der Waals surface area contributed by atoms with E-state index in [9.17, 15) is 23.2 Å². The molecule has 6 nitrogen and oxygen atoms in total. The Balaban J connectivity index is 1.60. The van der Waals surface area contributed by atoms with Crippen molar-refractivity contribution >= 4 is 17.7 Å². The predicted molar refractivity (Wildman–Crippen MR) is 108 cm³/mol. The van der Waals surface area contributed by atoms with E-state index >= 15 is 0 Å². The summed E-state index contributed by atoms with van der Waals surface area (Å²) in [5, 5.41) is 5.87. The van der Waals surface area contributed by atoms with Gasteiger partial charge < -0.3 is 15.5 Å². The second-order valence-electron chi connectivity index (χ2n) is 8.18. The number of hydrogen-bond donors (Lipinski definition) is 2. The number of benzene rings is 1. The van der Waals surface area contributed by atoms with E-state index in [2.05, 4.69) is 10.6 Å². The molecule has 1 heterocycles. The maximum atomic E-state index is 13.9. The van der Waals surface area contributed by atoms with Crippen molar-refractivity contribution in [3.63, 3.8) is 0 Å². The average molecular weight is 421 g/mol. The lowest BCUT2D eigenvalue weighted by molar-refractivity contribution is -0.137. The number of hydrogen-bond acceptors (Lipinski definition) is 3. The molecule has 2 N–H and O–H groups in total. The van der Waals surface area contributed by atoms with Gasteiger partial charge >= 0.3 is 0 Å². The van der Waals surface area contributed by atoms with E-state index in [0.29, 0.717) is 51.4 Å². The molecule has 30 heavy (non-hydrogen) atoms. The van der Waals surface area contributed by atoms with Gasteiger partial charge in [0.15, 0.2) is 0 Å². The zero-order chi connectivity index (χ0) is 21.7. The SMILES string of the molecule is CCNC(=O)C1(NC(=O)C2CCN(C(=O)c3ccc(F)cc3F)CC2)CCCCC1. The van der Waals surface area contributed by atoms with Gasteiger partial charge in [0.1, 0.15) is 17.2 Å². The number of likely N-dealkylation sites (N-methyl/N-ethyl adjacent to an activating group) is 1. The highest BCUT2D eigenvalue weighted by Gasteiger charge is 2.42. The van der Waals surface area contributed by atoms with Gasteiger partial charge in [-0.1, -0.05) is 19.3 Å². The first kappa shape index (κ1) is 22.2. The Morgan fingerprint density at radius 2 is 1.77 bits per heavy atom. The summed E-state index contributed by atoms with van der Waals surface area (Å²) in [5.74, 6) is -2.72.